The number of hydrogen-bond donors (Lipinski definition) is 1. The van der Waals surface area contributed by atoms with E-state index in [0.717, 1.165) is 11.1 Å². The second-order valence-electron chi connectivity index (χ2n) is 5.71. The number of benzene rings is 1. The minimum Gasteiger partial charge on any atom is -0.476 e. The summed E-state index contributed by atoms with van der Waals surface area (Å²) in [7, 11) is 0. The maximum atomic E-state index is 11.7. The third-order valence-electron chi connectivity index (χ3n) is 4.02. The number of rotatable bonds is 3. The van der Waals surface area contributed by atoms with Gasteiger partial charge in [-0.25, -0.2) is 9.48 Å². The van der Waals surface area contributed by atoms with E-state index in [1.165, 1.54) is 0 Å². The number of thiophene rings is 1. The molecule has 132 valence electrons. The zero-order valence-corrected chi connectivity index (χ0v) is 15.6. The zero-order valence-electron chi connectivity index (χ0n) is 13.3. The molecule has 1 aromatic carbocycles. The molecule has 2 aromatic heterocycles. The number of ether oxygens (including phenoxy) is 1. The number of carboxylic acid groups (broad SMARTS) is 1. The van der Waals surface area contributed by atoms with E-state index in [0.29, 0.717) is 33.6 Å². The van der Waals surface area contributed by atoms with Crippen molar-refractivity contribution in [3.05, 3.63) is 67.6 Å². The van der Waals surface area contributed by atoms with Crippen molar-refractivity contribution in [2.75, 3.05) is 6.61 Å². The highest BCUT2D eigenvalue weighted by atomic mass is 35.5. The summed E-state index contributed by atoms with van der Waals surface area (Å²) in [4.78, 5) is 11.7. The SMILES string of the molecule is O=C(O)c1nn(-c2ccc(Cl)cc2Cl)c2c1COC/C2=C\c1ccsc1. The molecule has 0 atom stereocenters. The number of halogens is 2. The molecule has 3 heterocycles. The van der Waals surface area contributed by atoms with Crippen molar-refractivity contribution in [2.45, 2.75) is 6.61 Å². The molecule has 0 saturated heterocycles. The van der Waals surface area contributed by atoms with Crippen LogP contribution in [-0.2, 0) is 11.3 Å². The van der Waals surface area contributed by atoms with Crippen LogP contribution in [0.3, 0.4) is 0 Å². The summed E-state index contributed by atoms with van der Waals surface area (Å²) >= 11 is 13.9. The van der Waals surface area contributed by atoms with E-state index < -0.39 is 5.97 Å². The second-order valence-corrected chi connectivity index (χ2v) is 7.33. The Morgan fingerprint density at radius 2 is 2.15 bits per heavy atom. The third kappa shape index (κ3) is 3.05. The lowest BCUT2D eigenvalue weighted by Crippen LogP contribution is -2.13. The molecular weight excluding hydrogens is 395 g/mol. The summed E-state index contributed by atoms with van der Waals surface area (Å²) in [5.41, 5.74) is 3.63. The number of carboxylic acids is 1. The van der Waals surface area contributed by atoms with Crippen molar-refractivity contribution in [2.24, 2.45) is 0 Å². The van der Waals surface area contributed by atoms with Gasteiger partial charge >= 0.3 is 5.97 Å². The van der Waals surface area contributed by atoms with Crippen LogP contribution in [0.4, 0.5) is 0 Å². The molecule has 1 aliphatic heterocycles. The van der Waals surface area contributed by atoms with E-state index in [2.05, 4.69) is 5.10 Å². The minimum atomic E-state index is -1.11. The molecule has 0 spiro atoms. The van der Waals surface area contributed by atoms with Gasteiger partial charge in [-0.3, -0.25) is 0 Å². The molecule has 0 radical (unpaired) electrons. The van der Waals surface area contributed by atoms with Crippen LogP contribution in [0.2, 0.25) is 10.0 Å². The van der Waals surface area contributed by atoms with Gasteiger partial charge in [-0.1, -0.05) is 23.2 Å². The highest BCUT2D eigenvalue weighted by molar-refractivity contribution is 7.08. The number of carbonyl (C=O) groups is 1. The van der Waals surface area contributed by atoms with Gasteiger partial charge in [0.2, 0.25) is 0 Å². The fourth-order valence-electron chi connectivity index (χ4n) is 2.92. The Kier molecular flexibility index (Phi) is 4.58. The van der Waals surface area contributed by atoms with Crippen LogP contribution >= 0.6 is 34.5 Å². The van der Waals surface area contributed by atoms with Gasteiger partial charge in [0.1, 0.15) is 0 Å². The summed E-state index contributed by atoms with van der Waals surface area (Å²) in [6.07, 6.45) is 1.97. The first-order valence-corrected chi connectivity index (χ1v) is 9.36. The molecule has 1 N–H and O–H groups in total. The molecule has 1 aliphatic rings. The van der Waals surface area contributed by atoms with Crippen LogP contribution in [-0.4, -0.2) is 27.5 Å². The maximum absolute atomic E-state index is 11.7. The highest BCUT2D eigenvalue weighted by Gasteiger charge is 2.29. The van der Waals surface area contributed by atoms with Crippen LogP contribution in [0.5, 0.6) is 0 Å². The van der Waals surface area contributed by atoms with E-state index in [1.54, 1.807) is 34.2 Å². The average Bonchev–Trinajstić information content (AvgIpc) is 3.23. The van der Waals surface area contributed by atoms with E-state index in [1.807, 2.05) is 22.9 Å². The van der Waals surface area contributed by atoms with E-state index in [9.17, 15) is 9.90 Å². The molecule has 0 bridgehead atoms. The molecule has 0 aliphatic carbocycles. The van der Waals surface area contributed by atoms with Gasteiger partial charge in [-0.2, -0.15) is 16.4 Å². The van der Waals surface area contributed by atoms with Crippen LogP contribution in [0.1, 0.15) is 27.3 Å². The number of fused-ring (bicyclic) bond motifs is 1. The molecule has 26 heavy (non-hydrogen) atoms. The maximum Gasteiger partial charge on any atom is 0.356 e. The Morgan fingerprint density at radius 3 is 2.85 bits per heavy atom. The van der Waals surface area contributed by atoms with Crippen LogP contribution < -0.4 is 0 Å². The lowest BCUT2D eigenvalue weighted by atomic mass is 10.0. The van der Waals surface area contributed by atoms with Crippen molar-refractivity contribution in [1.29, 1.82) is 0 Å². The van der Waals surface area contributed by atoms with E-state index >= 15 is 0 Å². The van der Waals surface area contributed by atoms with Gasteiger partial charge in [-0.15, -0.1) is 0 Å². The van der Waals surface area contributed by atoms with Crippen molar-refractivity contribution in [3.63, 3.8) is 0 Å². The first kappa shape index (κ1) is 17.3. The standard InChI is InChI=1S/C18H12Cl2N2O3S/c19-12-1-2-15(14(20)6-12)22-17-11(5-10-3-4-26-9-10)7-25-8-13(17)16(21-22)18(23)24/h1-6,9H,7-8H2,(H,23,24)/b11-5+. The Labute approximate surface area is 163 Å². The number of aromatic nitrogens is 2. The topological polar surface area (TPSA) is 64.3 Å². The average molecular weight is 407 g/mol. The van der Waals surface area contributed by atoms with Crippen LogP contribution in [0.25, 0.3) is 17.3 Å². The van der Waals surface area contributed by atoms with Crippen molar-refractivity contribution >= 4 is 52.2 Å². The third-order valence-corrected chi connectivity index (χ3v) is 5.26. The summed E-state index contributed by atoms with van der Waals surface area (Å²) in [6, 6.07) is 7.01. The smallest absolute Gasteiger partial charge is 0.356 e. The zero-order chi connectivity index (χ0) is 18.3. The molecule has 0 saturated carbocycles. The number of hydrogen-bond acceptors (Lipinski definition) is 4. The fourth-order valence-corrected chi connectivity index (χ4v) is 4.02. The molecule has 8 heteroatoms. The van der Waals surface area contributed by atoms with Crippen molar-refractivity contribution in [1.82, 2.24) is 9.78 Å². The minimum absolute atomic E-state index is 0.0399. The Balaban J connectivity index is 1.97. The van der Waals surface area contributed by atoms with E-state index in [4.69, 9.17) is 27.9 Å². The summed E-state index contributed by atoms with van der Waals surface area (Å²) in [5.74, 6) is -1.11. The second kappa shape index (κ2) is 6.89. The Hall–Kier alpha value is -2.12. The van der Waals surface area contributed by atoms with Gasteiger partial charge in [0.25, 0.3) is 0 Å². The summed E-state index contributed by atoms with van der Waals surface area (Å²) in [5, 5.41) is 18.7. The molecule has 5 nitrogen and oxygen atoms in total. The summed E-state index contributed by atoms with van der Waals surface area (Å²) < 4.78 is 7.18. The van der Waals surface area contributed by atoms with Gasteiger partial charge in [-0.05, 0) is 46.7 Å². The number of nitrogens with zero attached hydrogens (tertiary/aromatic N) is 2. The highest BCUT2D eigenvalue weighted by Crippen LogP contribution is 2.34. The first-order valence-electron chi connectivity index (χ1n) is 7.66. The van der Waals surface area contributed by atoms with Gasteiger partial charge in [0, 0.05) is 16.2 Å². The molecule has 4 rings (SSSR count). The Bertz CT molecular complexity index is 1030. The van der Waals surface area contributed by atoms with Crippen LogP contribution in [0, 0.1) is 0 Å². The van der Waals surface area contributed by atoms with E-state index in [-0.39, 0.29) is 12.3 Å². The fraction of sp³-hybridized carbons (Fsp3) is 0.111. The monoisotopic (exact) mass is 406 g/mol. The van der Waals surface area contributed by atoms with Crippen molar-refractivity contribution < 1.29 is 14.6 Å². The summed E-state index contributed by atoms with van der Waals surface area (Å²) in [6.45, 7) is 0.544. The first-order chi connectivity index (χ1) is 12.5. The lowest BCUT2D eigenvalue weighted by molar-refractivity contribution is 0.0683. The van der Waals surface area contributed by atoms with Crippen molar-refractivity contribution in [3.8, 4) is 5.69 Å². The Morgan fingerprint density at radius 1 is 1.31 bits per heavy atom. The van der Waals surface area contributed by atoms with Gasteiger partial charge in [0.05, 0.1) is 29.6 Å². The molecular formula is C18H12Cl2N2O3S. The largest absolute Gasteiger partial charge is 0.476 e. The van der Waals surface area contributed by atoms with Gasteiger partial charge in [0.15, 0.2) is 5.69 Å². The molecule has 0 unspecified atom stereocenters. The normalized spacial score (nSPS) is 15.2. The molecule has 3 aromatic rings. The quantitative estimate of drug-likeness (QED) is 0.663. The predicted octanol–water partition coefficient (Wildman–Crippen LogP) is 5.01. The van der Waals surface area contributed by atoms with Gasteiger partial charge < -0.3 is 9.84 Å². The molecule has 0 fully saturated rings. The van der Waals surface area contributed by atoms with Crippen LogP contribution in [0.15, 0.2) is 35.0 Å². The number of aromatic carboxylic acids is 1. The molecule has 0 amide bonds. The lowest BCUT2D eigenvalue weighted by Gasteiger charge is -2.19. The predicted molar refractivity (Wildman–Crippen MR) is 102 cm³/mol.